The summed E-state index contributed by atoms with van der Waals surface area (Å²) in [4.78, 5) is 22.1. The molecule has 1 aliphatic rings. The lowest BCUT2D eigenvalue weighted by Crippen LogP contribution is -2.46. The number of amides is 1. The molecule has 0 unspecified atom stereocenters. The molecule has 6 nitrogen and oxygen atoms in total. The number of nitrogens with zero attached hydrogens (tertiary/aromatic N) is 3. The highest BCUT2D eigenvalue weighted by Gasteiger charge is 2.17. The predicted molar refractivity (Wildman–Crippen MR) is 112 cm³/mol. The van der Waals surface area contributed by atoms with Gasteiger partial charge in [-0.2, -0.15) is 0 Å². The third kappa shape index (κ3) is 3.88. The number of piperazine rings is 1. The quantitative estimate of drug-likeness (QED) is 0.666. The van der Waals surface area contributed by atoms with Crippen molar-refractivity contribution in [2.24, 2.45) is 0 Å². The summed E-state index contributed by atoms with van der Waals surface area (Å²) in [6, 6.07) is 9.67. The minimum absolute atomic E-state index is 0.157. The summed E-state index contributed by atoms with van der Waals surface area (Å²) in [6.45, 7) is 11.5. The van der Waals surface area contributed by atoms with Crippen LogP contribution in [0.2, 0.25) is 0 Å². The lowest BCUT2D eigenvalue weighted by atomic mass is 10.1. The van der Waals surface area contributed by atoms with E-state index >= 15 is 0 Å². The van der Waals surface area contributed by atoms with Gasteiger partial charge in [0.15, 0.2) is 5.76 Å². The predicted octanol–water partition coefficient (Wildman–Crippen LogP) is 3.05. The molecule has 28 heavy (non-hydrogen) atoms. The molecule has 0 spiro atoms. The van der Waals surface area contributed by atoms with Crippen LogP contribution in [0.15, 0.2) is 34.7 Å². The van der Waals surface area contributed by atoms with Crippen molar-refractivity contribution in [3.05, 3.63) is 41.8 Å². The number of benzene rings is 1. The van der Waals surface area contributed by atoms with Crippen molar-refractivity contribution in [3.63, 3.8) is 0 Å². The normalized spacial score (nSPS) is 16.1. The summed E-state index contributed by atoms with van der Waals surface area (Å²) in [5.41, 5.74) is 2.50. The van der Waals surface area contributed by atoms with Gasteiger partial charge in [0.1, 0.15) is 5.58 Å². The number of furan rings is 1. The first-order valence-electron chi connectivity index (χ1n) is 10.2. The van der Waals surface area contributed by atoms with Gasteiger partial charge in [0, 0.05) is 49.2 Å². The Bertz CT molecular complexity index is 973. The second kappa shape index (κ2) is 8.29. The molecule has 3 heterocycles. The minimum Gasteiger partial charge on any atom is -0.450 e. The van der Waals surface area contributed by atoms with Gasteiger partial charge in [-0.25, -0.2) is 0 Å². The molecule has 4 rings (SSSR count). The number of carbonyl (C=O) groups is 1. The molecule has 1 aliphatic heterocycles. The average Bonchev–Trinajstić information content (AvgIpc) is 3.18. The van der Waals surface area contributed by atoms with Crippen LogP contribution >= 0.6 is 0 Å². The summed E-state index contributed by atoms with van der Waals surface area (Å²) in [5, 5.41) is 4.84. The topological polar surface area (TPSA) is 61.6 Å². The highest BCUT2D eigenvalue weighted by Crippen LogP contribution is 2.29. The van der Waals surface area contributed by atoms with E-state index in [1.165, 1.54) is 0 Å². The van der Waals surface area contributed by atoms with Gasteiger partial charge in [0.25, 0.3) is 5.91 Å². The van der Waals surface area contributed by atoms with E-state index < -0.39 is 0 Å². The number of carbonyl (C=O) groups excluding carboxylic acids is 1. The van der Waals surface area contributed by atoms with Crippen molar-refractivity contribution in [3.8, 4) is 0 Å². The molecule has 0 saturated carbocycles. The summed E-state index contributed by atoms with van der Waals surface area (Å²) < 4.78 is 5.93. The Morgan fingerprint density at radius 1 is 1.14 bits per heavy atom. The number of fused-ring (bicyclic) bond motifs is 3. The molecule has 6 heteroatoms. The van der Waals surface area contributed by atoms with E-state index in [2.05, 4.69) is 27.0 Å². The Morgan fingerprint density at radius 3 is 2.68 bits per heavy atom. The van der Waals surface area contributed by atoms with Gasteiger partial charge in [-0.05, 0) is 44.6 Å². The highest BCUT2D eigenvalue weighted by molar-refractivity contribution is 6.06. The molecule has 1 N–H and O–H groups in total. The van der Waals surface area contributed by atoms with Gasteiger partial charge in [-0.15, -0.1) is 0 Å². The van der Waals surface area contributed by atoms with Crippen LogP contribution in [-0.2, 0) is 0 Å². The maximum absolute atomic E-state index is 12.5. The maximum atomic E-state index is 12.5. The van der Waals surface area contributed by atoms with Gasteiger partial charge in [-0.3, -0.25) is 9.78 Å². The monoisotopic (exact) mass is 380 g/mol. The average molecular weight is 380 g/mol. The zero-order chi connectivity index (χ0) is 19.5. The number of para-hydroxylation sites is 1. The van der Waals surface area contributed by atoms with Crippen molar-refractivity contribution in [2.75, 3.05) is 45.8 Å². The van der Waals surface area contributed by atoms with Crippen LogP contribution in [0.25, 0.3) is 21.9 Å². The fourth-order valence-electron chi connectivity index (χ4n) is 3.90. The Hall–Kier alpha value is -2.44. The second-order valence-electron chi connectivity index (χ2n) is 7.45. The molecule has 0 atom stereocenters. The molecule has 1 fully saturated rings. The van der Waals surface area contributed by atoms with Crippen LogP contribution in [-0.4, -0.2) is 66.5 Å². The Balaban J connectivity index is 1.35. The Kier molecular flexibility index (Phi) is 5.59. The zero-order valence-electron chi connectivity index (χ0n) is 16.7. The number of likely N-dealkylation sites (N-methyl/N-ethyl adjacent to an activating group) is 1. The molecule has 0 aliphatic carbocycles. The van der Waals surface area contributed by atoms with Gasteiger partial charge in [-0.1, -0.05) is 19.1 Å². The van der Waals surface area contributed by atoms with E-state index in [0.717, 1.165) is 73.3 Å². The lowest BCUT2D eigenvalue weighted by Gasteiger charge is -2.33. The first-order valence-corrected chi connectivity index (χ1v) is 10.2. The number of hydrogen-bond acceptors (Lipinski definition) is 5. The number of rotatable bonds is 6. The molecule has 148 valence electrons. The van der Waals surface area contributed by atoms with Gasteiger partial charge in [0.2, 0.25) is 0 Å². The van der Waals surface area contributed by atoms with Crippen molar-refractivity contribution in [1.29, 1.82) is 0 Å². The minimum atomic E-state index is -0.157. The number of aromatic nitrogens is 1. The molecule has 1 aromatic carbocycles. The van der Waals surface area contributed by atoms with Crippen LogP contribution in [0.5, 0.6) is 0 Å². The van der Waals surface area contributed by atoms with Gasteiger partial charge >= 0.3 is 0 Å². The van der Waals surface area contributed by atoms with Crippen LogP contribution in [0.3, 0.4) is 0 Å². The maximum Gasteiger partial charge on any atom is 0.287 e. The van der Waals surface area contributed by atoms with E-state index in [-0.39, 0.29) is 5.91 Å². The van der Waals surface area contributed by atoms with E-state index in [1.54, 1.807) is 0 Å². The molecule has 2 aromatic heterocycles. The lowest BCUT2D eigenvalue weighted by molar-refractivity contribution is 0.0923. The van der Waals surface area contributed by atoms with E-state index in [1.807, 2.05) is 37.3 Å². The van der Waals surface area contributed by atoms with E-state index in [4.69, 9.17) is 4.42 Å². The second-order valence-corrected chi connectivity index (χ2v) is 7.45. The number of aryl methyl sites for hydroxylation is 1. The SMILES string of the molecule is CCN1CCN(CCCNC(=O)c2cc3c(C)nc4ccccc4c3o2)CC1. The number of hydrogen-bond donors (Lipinski definition) is 1. The van der Waals surface area contributed by atoms with Crippen LogP contribution in [0.1, 0.15) is 29.6 Å². The largest absolute Gasteiger partial charge is 0.450 e. The molecule has 1 amide bonds. The zero-order valence-corrected chi connectivity index (χ0v) is 16.7. The van der Waals surface area contributed by atoms with Crippen molar-refractivity contribution in [1.82, 2.24) is 20.1 Å². The standard InChI is InChI=1S/C22H28N4O2/c1-3-25-11-13-26(14-12-25)10-6-9-23-22(27)20-15-18-16(2)24-19-8-5-4-7-17(19)21(18)28-20/h4-5,7-8,15H,3,6,9-14H2,1-2H3,(H,23,27). The third-order valence-electron chi connectivity index (χ3n) is 5.63. The van der Waals surface area contributed by atoms with Gasteiger partial charge in [0.05, 0.1) is 5.52 Å². The van der Waals surface area contributed by atoms with Crippen molar-refractivity contribution < 1.29 is 9.21 Å². The number of nitrogens with one attached hydrogen (secondary N) is 1. The molecule has 0 bridgehead atoms. The van der Waals surface area contributed by atoms with E-state index in [0.29, 0.717) is 12.3 Å². The van der Waals surface area contributed by atoms with Crippen molar-refractivity contribution in [2.45, 2.75) is 20.3 Å². The molecule has 1 saturated heterocycles. The summed E-state index contributed by atoms with van der Waals surface area (Å²) >= 11 is 0. The molecule has 0 radical (unpaired) electrons. The third-order valence-corrected chi connectivity index (χ3v) is 5.63. The first-order chi connectivity index (χ1) is 13.7. The number of pyridine rings is 1. The summed E-state index contributed by atoms with van der Waals surface area (Å²) in [7, 11) is 0. The van der Waals surface area contributed by atoms with Crippen LogP contribution < -0.4 is 5.32 Å². The molecular weight excluding hydrogens is 352 g/mol. The molecule has 3 aromatic rings. The fraction of sp³-hybridized carbons (Fsp3) is 0.455. The molecular formula is C22H28N4O2. The Labute approximate surface area is 165 Å². The Morgan fingerprint density at radius 2 is 1.89 bits per heavy atom. The van der Waals surface area contributed by atoms with E-state index in [9.17, 15) is 4.79 Å². The van der Waals surface area contributed by atoms with Gasteiger partial charge < -0.3 is 19.5 Å². The first kappa shape index (κ1) is 18.9. The highest BCUT2D eigenvalue weighted by atomic mass is 16.3. The summed E-state index contributed by atoms with van der Waals surface area (Å²) in [5.74, 6) is 0.197. The fourth-order valence-corrected chi connectivity index (χ4v) is 3.90. The van der Waals surface area contributed by atoms with Crippen molar-refractivity contribution >= 4 is 27.8 Å². The van der Waals surface area contributed by atoms with Crippen LogP contribution in [0, 0.1) is 6.92 Å². The summed E-state index contributed by atoms with van der Waals surface area (Å²) in [6.07, 6.45) is 0.946. The van der Waals surface area contributed by atoms with Crippen LogP contribution in [0.4, 0.5) is 0 Å². The smallest absolute Gasteiger partial charge is 0.287 e.